The van der Waals surface area contributed by atoms with Gasteiger partial charge < -0.3 is 15.6 Å². The Labute approximate surface area is 116 Å². The van der Waals surface area contributed by atoms with E-state index in [0.717, 1.165) is 22.4 Å². The van der Waals surface area contributed by atoms with Crippen molar-refractivity contribution in [3.63, 3.8) is 0 Å². The van der Waals surface area contributed by atoms with Crippen LogP contribution in [0.4, 0.5) is 11.4 Å². The minimum Gasteiger partial charge on any atom is -0.399 e. The number of imidazole rings is 1. The summed E-state index contributed by atoms with van der Waals surface area (Å²) in [6.45, 7) is 0. The van der Waals surface area contributed by atoms with Crippen LogP contribution in [0.1, 0.15) is 0 Å². The molecule has 0 aliphatic heterocycles. The third kappa shape index (κ3) is 1.93. The van der Waals surface area contributed by atoms with Crippen LogP contribution in [-0.4, -0.2) is 23.6 Å². The van der Waals surface area contributed by atoms with E-state index in [4.69, 9.17) is 5.73 Å². The summed E-state index contributed by atoms with van der Waals surface area (Å²) < 4.78 is 1.65. The monoisotopic (exact) mass is 268 g/mol. The standard InChI is InChI=1S/C15H16N4O/c1-18(2)11-4-3-5-12(9-11)19-14-7-6-10(16)8-13(14)17-15(19)20/h3-9H,16H2,1-2H3,(H,17,20). The Morgan fingerprint density at radius 3 is 2.70 bits per heavy atom. The summed E-state index contributed by atoms with van der Waals surface area (Å²) >= 11 is 0. The number of rotatable bonds is 2. The molecule has 20 heavy (non-hydrogen) atoms. The van der Waals surface area contributed by atoms with Crippen LogP contribution in [0.2, 0.25) is 0 Å². The van der Waals surface area contributed by atoms with E-state index >= 15 is 0 Å². The van der Waals surface area contributed by atoms with Crippen LogP contribution in [0.25, 0.3) is 16.7 Å². The van der Waals surface area contributed by atoms with Gasteiger partial charge in [-0.1, -0.05) is 6.07 Å². The minimum atomic E-state index is -0.165. The van der Waals surface area contributed by atoms with Crippen LogP contribution in [0, 0.1) is 0 Å². The minimum absolute atomic E-state index is 0.165. The van der Waals surface area contributed by atoms with E-state index in [9.17, 15) is 4.79 Å². The van der Waals surface area contributed by atoms with Crippen molar-refractivity contribution in [2.24, 2.45) is 0 Å². The van der Waals surface area contributed by atoms with Crippen LogP contribution in [0.15, 0.2) is 47.3 Å². The van der Waals surface area contributed by atoms with Crippen molar-refractivity contribution in [3.05, 3.63) is 52.9 Å². The number of aromatic nitrogens is 2. The number of aromatic amines is 1. The Kier molecular flexibility index (Phi) is 2.75. The van der Waals surface area contributed by atoms with Crippen molar-refractivity contribution < 1.29 is 0 Å². The number of H-pyrrole nitrogens is 1. The molecule has 0 unspecified atom stereocenters. The van der Waals surface area contributed by atoms with Gasteiger partial charge >= 0.3 is 5.69 Å². The molecule has 102 valence electrons. The van der Waals surface area contributed by atoms with Crippen LogP contribution < -0.4 is 16.3 Å². The third-order valence-electron chi connectivity index (χ3n) is 3.31. The maximum absolute atomic E-state index is 12.2. The highest BCUT2D eigenvalue weighted by atomic mass is 16.1. The van der Waals surface area contributed by atoms with E-state index in [-0.39, 0.29) is 5.69 Å². The first-order valence-corrected chi connectivity index (χ1v) is 6.34. The zero-order valence-electron chi connectivity index (χ0n) is 11.4. The second-order valence-electron chi connectivity index (χ2n) is 4.96. The fourth-order valence-corrected chi connectivity index (χ4v) is 2.30. The molecule has 5 heteroatoms. The number of hydrogen-bond donors (Lipinski definition) is 2. The van der Waals surface area contributed by atoms with Crippen molar-refractivity contribution >= 4 is 22.4 Å². The highest BCUT2D eigenvalue weighted by molar-refractivity contribution is 5.80. The maximum Gasteiger partial charge on any atom is 0.331 e. The molecule has 0 aliphatic carbocycles. The molecule has 3 rings (SSSR count). The first-order valence-electron chi connectivity index (χ1n) is 6.34. The SMILES string of the molecule is CN(C)c1cccc(-n2c(=O)[nH]c3cc(N)ccc32)c1. The van der Waals surface area contributed by atoms with Crippen molar-refractivity contribution in [1.82, 2.24) is 9.55 Å². The van der Waals surface area contributed by atoms with Gasteiger partial charge in [0.2, 0.25) is 0 Å². The molecule has 1 aromatic heterocycles. The molecule has 0 aliphatic rings. The molecule has 5 nitrogen and oxygen atoms in total. The quantitative estimate of drug-likeness (QED) is 0.698. The van der Waals surface area contributed by atoms with Crippen molar-refractivity contribution in [2.45, 2.75) is 0 Å². The van der Waals surface area contributed by atoms with Crippen molar-refractivity contribution in [1.29, 1.82) is 0 Å². The van der Waals surface area contributed by atoms with E-state index in [0.29, 0.717) is 5.69 Å². The number of fused-ring (bicyclic) bond motifs is 1. The molecule has 0 saturated heterocycles. The smallest absolute Gasteiger partial charge is 0.331 e. The second-order valence-corrected chi connectivity index (χ2v) is 4.96. The van der Waals surface area contributed by atoms with E-state index < -0.39 is 0 Å². The molecule has 0 bridgehead atoms. The molecule has 2 aromatic carbocycles. The lowest BCUT2D eigenvalue weighted by atomic mass is 10.2. The summed E-state index contributed by atoms with van der Waals surface area (Å²) in [5.74, 6) is 0. The lowest BCUT2D eigenvalue weighted by molar-refractivity contribution is 1.01. The molecule has 0 atom stereocenters. The average molecular weight is 268 g/mol. The van der Waals surface area contributed by atoms with Gasteiger partial charge in [0.15, 0.2) is 0 Å². The summed E-state index contributed by atoms with van der Waals surface area (Å²) in [7, 11) is 3.94. The molecule has 0 amide bonds. The number of nitrogens with one attached hydrogen (secondary N) is 1. The molecule has 1 heterocycles. The van der Waals surface area contributed by atoms with Crippen LogP contribution in [-0.2, 0) is 0 Å². The molecule has 0 spiro atoms. The van der Waals surface area contributed by atoms with Gasteiger partial charge in [0.05, 0.1) is 16.7 Å². The van der Waals surface area contributed by atoms with Crippen LogP contribution in [0.5, 0.6) is 0 Å². The number of anilines is 2. The fraction of sp³-hybridized carbons (Fsp3) is 0.133. The van der Waals surface area contributed by atoms with Crippen molar-refractivity contribution in [3.8, 4) is 5.69 Å². The van der Waals surface area contributed by atoms with Gasteiger partial charge in [-0.25, -0.2) is 4.79 Å². The lowest BCUT2D eigenvalue weighted by Gasteiger charge is -2.13. The van der Waals surface area contributed by atoms with Crippen LogP contribution >= 0.6 is 0 Å². The second kappa shape index (κ2) is 4.45. The molecular weight excluding hydrogens is 252 g/mol. The Morgan fingerprint density at radius 1 is 1.15 bits per heavy atom. The van der Waals surface area contributed by atoms with E-state index in [1.54, 1.807) is 16.7 Å². The normalized spacial score (nSPS) is 10.9. The predicted molar refractivity (Wildman–Crippen MR) is 82.6 cm³/mol. The molecule has 0 saturated carbocycles. The molecule has 3 N–H and O–H groups in total. The summed E-state index contributed by atoms with van der Waals surface area (Å²) in [5.41, 5.74) is 9.65. The zero-order chi connectivity index (χ0) is 14.3. The predicted octanol–water partition coefficient (Wildman–Crippen LogP) is 1.97. The Hall–Kier alpha value is -2.69. The van der Waals surface area contributed by atoms with Gasteiger partial charge in [0.25, 0.3) is 0 Å². The molecule has 0 radical (unpaired) electrons. The number of hydrogen-bond acceptors (Lipinski definition) is 3. The van der Waals surface area contributed by atoms with Gasteiger partial charge in [-0.2, -0.15) is 0 Å². The topological polar surface area (TPSA) is 67.0 Å². The Balaban J connectivity index is 2.26. The highest BCUT2D eigenvalue weighted by Crippen LogP contribution is 2.21. The van der Waals surface area contributed by atoms with Gasteiger partial charge in [0, 0.05) is 25.5 Å². The summed E-state index contributed by atoms with van der Waals surface area (Å²) in [5, 5.41) is 0. The third-order valence-corrected chi connectivity index (χ3v) is 3.31. The first-order chi connectivity index (χ1) is 9.56. The maximum atomic E-state index is 12.2. The molecule has 3 aromatic rings. The summed E-state index contributed by atoms with van der Waals surface area (Å²) in [6.07, 6.45) is 0. The van der Waals surface area contributed by atoms with Crippen molar-refractivity contribution in [2.75, 3.05) is 24.7 Å². The van der Waals surface area contributed by atoms with E-state index in [1.807, 2.05) is 49.3 Å². The van der Waals surface area contributed by atoms with Gasteiger partial charge in [-0.05, 0) is 36.4 Å². The summed E-state index contributed by atoms with van der Waals surface area (Å²) in [6, 6.07) is 13.2. The van der Waals surface area contributed by atoms with Gasteiger partial charge in [-0.3, -0.25) is 4.57 Å². The van der Waals surface area contributed by atoms with E-state index in [2.05, 4.69) is 4.98 Å². The number of nitrogens with two attached hydrogens (primary N) is 1. The van der Waals surface area contributed by atoms with Gasteiger partial charge in [-0.15, -0.1) is 0 Å². The number of nitrogens with zero attached hydrogens (tertiary/aromatic N) is 2. The van der Waals surface area contributed by atoms with Gasteiger partial charge in [0.1, 0.15) is 0 Å². The fourth-order valence-electron chi connectivity index (χ4n) is 2.30. The zero-order valence-corrected chi connectivity index (χ0v) is 11.4. The summed E-state index contributed by atoms with van der Waals surface area (Å²) in [4.78, 5) is 17.0. The lowest BCUT2D eigenvalue weighted by Crippen LogP contribution is -2.15. The highest BCUT2D eigenvalue weighted by Gasteiger charge is 2.09. The number of nitrogen functional groups attached to an aromatic ring is 1. The van der Waals surface area contributed by atoms with Crippen LogP contribution in [0.3, 0.4) is 0 Å². The Morgan fingerprint density at radius 2 is 1.95 bits per heavy atom. The molecule has 0 fully saturated rings. The Bertz CT molecular complexity index is 829. The van der Waals surface area contributed by atoms with E-state index in [1.165, 1.54) is 0 Å². The average Bonchev–Trinajstić information content (AvgIpc) is 2.73. The largest absolute Gasteiger partial charge is 0.399 e. The number of benzene rings is 2. The first kappa shape index (κ1) is 12.3. The molecular formula is C15H16N4O.